The Morgan fingerprint density at radius 1 is 1.44 bits per heavy atom. The lowest BCUT2D eigenvalue weighted by Crippen LogP contribution is -2.49. The number of hydrogen-bond donors (Lipinski definition) is 2. The van der Waals surface area contributed by atoms with E-state index in [-0.39, 0.29) is 23.7 Å². The van der Waals surface area contributed by atoms with Crippen molar-refractivity contribution >= 4 is 17.3 Å². The lowest BCUT2D eigenvalue weighted by Gasteiger charge is -2.39. The van der Waals surface area contributed by atoms with Crippen molar-refractivity contribution in [3.05, 3.63) is 18.2 Å². The van der Waals surface area contributed by atoms with Gasteiger partial charge in [0.1, 0.15) is 17.5 Å². The third-order valence-corrected chi connectivity index (χ3v) is 2.90. The molecule has 0 aliphatic carbocycles. The predicted octanol–water partition coefficient (Wildman–Crippen LogP) is 1.95. The minimum Gasteiger partial charge on any atom is -0.506 e. The van der Waals surface area contributed by atoms with E-state index < -0.39 is 0 Å². The van der Waals surface area contributed by atoms with E-state index in [0.717, 1.165) is 5.69 Å². The number of carbonyl (C=O) groups is 1. The van der Waals surface area contributed by atoms with Crippen LogP contribution in [0.5, 0.6) is 5.75 Å². The molecule has 4 nitrogen and oxygen atoms in total. The summed E-state index contributed by atoms with van der Waals surface area (Å²) >= 11 is 0. The summed E-state index contributed by atoms with van der Waals surface area (Å²) in [6, 6.07) is 5.27. The van der Waals surface area contributed by atoms with Crippen molar-refractivity contribution in [2.75, 3.05) is 10.2 Å². The van der Waals surface area contributed by atoms with Gasteiger partial charge in [0.25, 0.3) is 0 Å². The van der Waals surface area contributed by atoms with Crippen LogP contribution in [0.2, 0.25) is 0 Å². The second-order valence-electron chi connectivity index (χ2n) is 4.34. The quantitative estimate of drug-likeness (QED) is 0.711. The second-order valence-corrected chi connectivity index (χ2v) is 4.34. The van der Waals surface area contributed by atoms with Crippen LogP contribution in [0.4, 0.5) is 11.4 Å². The van der Waals surface area contributed by atoms with Crippen molar-refractivity contribution in [2.45, 2.75) is 32.9 Å². The zero-order chi connectivity index (χ0) is 11.9. The van der Waals surface area contributed by atoms with Gasteiger partial charge < -0.3 is 15.3 Å². The highest BCUT2D eigenvalue weighted by Gasteiger charge is 2.32. The highest BCUT2D eigenvalue weighted by Crippen LogP contribution is 2.39. The average Bonchev–Trinajstić information content (AvgIpc) is 2.21. The number of phenols is 1. The lowest BCUT2D eigenvalue weighted by atomic mass is 10.1. The van der Waals surface area contributed by atoms with E-state index in [1.165, 1.54) is 0 Å². The molecule has 0 saturated carbocycles. The van der Waals surface area contributed by atoms with Crippen LogP contribution in [0.15, 0.2) is 18.2 Å². The minimum absolute atomic E-state index is 0.0808. The van der Waals surface area contributed by atoms with E-state index in [2.05, 4.69) is 5.32 Å². The number of carbonyl (C=O) groups excluding carboxylic acids is 1. The molecule has 0 spiro atoms. The molecule has 0 saturated heterocycles. The zero-order valence-electron chi connectivity index (χ0n) is 9.69. The molecule has 86 valence electrons. The number of phenolic OH excluding ortho intramolecular Hbond substituents is 1. The standard InChI is InChI=1S/C12H16N2O2/c1-7(2)14-8(3)12(16)13-11-9(14)5-4-6-10(11)15/h4-8,15H,1-3H3,(H,13,16). The van der Waals surface area contributed by atoms with E-state index in [9.17, 15) is 9.90 Å². The highest BCUT2D eigenvalue weighted by molar-refractivity contribution is 6.05. The summed E-state index contributed by atoms with van der Waals surface area (Å²) in [5.41, 5.74) is 1.39. The SMILES string of the molecule is CC(C)N1c2cccc(O)c2NC(=O)C1C. The number of fused-ring (bicyclic) bond motifs is 1. The molecule has 0 aromatic heterocycles. The van der Waals surface area contributed by atoms with Crippen LogP contribution in [-0.2, 0) is 4.79 Å². The first-order valence-electron chi connectivity index (χ1n) is 5.43. The fourth-order valence-electron chi connectivity index (χ4n) is 2.16. The van der Waals surface area contributed by atoms with Crippen LogP contribution >= 0.6 is 0 Å². The number of rotatable bonds is 1. The molecule has 2 N–H and O–H groups in total. The molecular formula is C12H16N2O2. The van der Waals surface area contributed by atoms with Crippen LogP contribution in [0.3, 0.4) is 0 Å². The predicted molar refractivity (Wildman–Crippen MR) is 63.8 cm³/mol. The van der Waals surface area contributed by atoms with Crippen molar-refractivity contribution in [3.63, 3.8) is 0 Å². The van der Waals surface area contributed by atoms with Crippen LogP contribution in [0, 0.1) is 0 Å². The van der Waals surface area contributed by atoms with Crippen molar-refractivity contribution in [1.82, 2.24) is 0 Å². The molecule has 1 aromatic carbocycles. The normalized spacial score (nSPS) is 19.6. The van der Waals surface area contributed by atoms with E-state index in [4.69, 9.17) is 0 Å². The number of benzene rings is 1. The summed E-state index contributed by atoms with van der Waals surface area (Å²) in [7, 11) is 0. The maximum absolute atomic E-state index is 11.8. The topological polar surface area (TPSA) is 52.6 Å². The molecule has 1 unspecified atom stereocenters. The van der Waals surface area contributed by atoms with Gasteiger partial charge in [-0.25, -0.2) is 0 Å². The first-order chi connectivity index (χ1) is 7.52. The molecule has 1 aromatic rings. The number of nitrogens with one attached hydrogen (secondary N) is 1. The number of nitrogens with zero attached hydrogens (tertiary/aromatic N) is 1. The third kappa shape index (κ3) is 1.50. The van der Waals surface area contributed by atoms with Gasteiger partial charge in [-0.3, -0.25) is 4.79 Å². The molecular weight excluding hydrogens is 204 g/mol. The first kappa shape index (κ1) is 10.8. The molecule has 16 heavy (non-hydrogen) atoms. The first-order valence-corrected chi connectivity index (χ1v) is 5.43. The number of anilines is 2. The third-order valence-electron chi connectivity index (χ3n) is 2.90. The Morgan fingerprint density at radius 2 is 2.12 bits per heavy atom. The Morgan fingerprint density at radius 3 is 2.75 bits per heavy atom. The van der Waals surface area contributed by atoms with Gasteiger partial charge >= 0.3 is 0 Å². The number of para-hydroxylation sites is 1. The van der Waals surface area contributed by atoms with Gasteiger partial charge in [0.15, 0.2) is 0 Å². The van der Waals surface area contributed by atoms with Gasteiger partial charge in [-0.2, -0.15) is 0 Å². The Hall–Kier alpha value is -1.71. The summed E-state index contributed by atoms with van der Waals surface area (Å²) in [5.74, 6) is 0.0334. The monoisotopic (exact) mass is 220 g/mol. The summed E-state index contributed by atoms with van der Waals surface area (Å²) in [6.07, 6.45) is 0. The number of amides is 1. The highest BCUT2D eigenvalue weighted by atomic mass is 16.3. The fourth-order valence-corrected chi connectivity index (χ4v) is 2.16. The smallest absolute Gasteiger partial charge is 0.246 e. The summed E-state index contributed by atoms with van der Waals surface area (Å²) in [4.78, 5) is 13.8. The summed E-state index contributed by atoms with van der Waals surface area (Å²) in [5, 5.41) is 12.5. The molecule has 1 amide bonds. The Balaban J connectivity index is 2.56. The van der Waals surface area contributed by atoms with Crippen LogP contribution in [0.25, 0.3) is 0 Å². The average molecular weight is 220 g/mol. The molecule has 1 atom stereocenters. The fraction of sp³-hybridized carbons (Fsp3) is 0.417. The van der Waals surface area contributed by atoms with Crippen molar-refractivity contribution in [3.8, 4) is 5.75 Å². The molecule has 2 rings (SSSR count). The minimum atomic E-state index is -0.214. The Labute approximate surface area is 94.9 Å². The lowest BCUT2D eigenvalue weighted by molar-refractivity contribution is -0.117. The maximum Gasteiger partial charge on any atom is 0.246 e. The maximum atomic E-state index is 11.8. The largest absolute Gasteiger partial charge is 0.506 e. The second kappa shape index (κ2) is 3.70. The van der Waals surface area contributed by atoms with Crippen LogP contribution < -0.4 is 10.2 Å². The van der Waals surface area contributed by atoms with Crippen LogP contribution in [0.1, 0.15) is 20.8 Å². The summed E-state index contributed by atoms with van der Waals surface area (Å²) < 4.78 is 0. The van der Waals surface area contributed by atoms with Gasteiger partial charge in [0.05, 0.1) is 5.69 Å². The van der Waals surface area contributed by atoms with Gasteiger partial charge in [-0.05, 0) is 32.9 Å². The van der Waals surface area contributed by atoms with Gasteiger partial charge in [0.2, 0.25) is 5.91 Å². The van der Waals surface area contributed by atoms with E-state index >= 15 is 0 Å². The zero-order valence-corrected chi connectivity index (χ0v) is 9.69. The number of aromatic hydroxyl groups is 1. The van der Waals surface area contributed by atoms with Gasteiger partial charge in [-0.1, -0.05) is 6.07 Å². The van der Waals surface area contributed by atoms with Crippen LogP contribution in [-0.4, -0.2) is 23.1 Å². The van der Waals surface area contributed by atoms with E-state index in [1.54, 1.807) is 12.1 Å². The van der Waals surface area contributed by atoms with Crippen molar-refractivity contribution < 1.29 is 9.90 Å². The number of hydrogen-bond acceptors (Lipinski definition) is 3. The van der Waals surface area contributed by atoms with Crippen molar-refractivity contribution in [2.24, 2.45) is 0 Å². The van der Waals surface area contributed by atoms with Gasteiger partial charge in [-0.15, -0.1) is 0 Å². The molecule has 0 fully saturated rings. The Kier molecular flexibility index (Phi) is 2.50. The molecule has 0 radical (unpaired) electrons. The van der Waals surface area contributed by atoms with E-state index in [0.29, 0.717) is 5.69 Å². The molecule has 1 heterocycles. The Bertz CT molecular complexity index is 429. The molecule has 1 aliphatic heterocycles. The van der Waals surface area contributed by atoms with Gasteiger partial charge in [0, 0.05) is 6.04 Å². The molecule has 1 aliphatic rings. The van der Waals surface area contributed by atoms with E-state index in [1.807, 2.05) is 31.7 Å². The summed E-state index contributed by atoms with van der Waals surface area (Å²) in [6.45, 7) is 5.92. The molecule has 0 bridgehead atoms. The molecule has 4 heteroatoms. The van der Waals surface area contributed by atoms with Crippen molar-refractivity contribution in [1.29, 1.82) is 0 Å².